The molecule has 0 saturated heterocycles. The molecule has 0 unspecified atom stereocenters. The van der Waals surface area contributed by atoms with Gasteiger partial charge in [-0.1, -0.05) is 25.1 Å². The van der Waals surface area contributed by atoms with Gasteiger partial charge in [-0.05, 0) is 54.8 Å². The first-order chi connectivity index (χ1) is 13.5. The minimum atomic E-state index is -0.308. The average molecular weight is 376 g/mol. The van der Waals surface area contributed by atoms with E-state index in [1.807, 2.05) is 38.1 Å². The van der Waals surface area contributed by atoms with Crippen molar-refractivity contribution in [2.45, 2.75) is 20.3 Å². The molecule has 5 nitrogen and oxygen atoms in total. The van der Waals surface area contributed by atoms with Crippen molar-refractivity contribution >= 4 is 29.2 Å². The second-order valence-electron chi connectivity index (χ2n) is 6.27. The molecule has 0 spiro atoms. The summed E-state index contributed by atoms with van der Waals surface area (Å²) in [5.41, 5.74) is 4.18. The fourth-order valence-electron chi connectivity index (χ4n) is 2.67. The normalized spacial score (nSPS) is 10.8. The van der Waals surface area contributed by atoms with Gasteiger partial charge in [0, 0.05) is 29.2 Å². The zero-order valence-corrected chi connectivity index (χ0v) is 15.7. The van der Waals surface area contributed by atoms with Crippen molar-refractivity contribution in [3.05, 3.63) is 83.6 Å². The average Bonchev–Trinajstić information content (AvgIpc) is 2.68. The number of anilines is 3. The molecule has 0 fully saturated rings. The number of amides is 1. The molecule has 0 saturated carbocycles. The van der Waals surface area contributed by atoms with Crippen molar-refractivity contribution in [1.82, 2.24) is 9.97 Å². The van der Waals surface area contributed by atoms with Crippen molar-refractivity contribution in [2.75, 3.05) is 10.6 Å². The maximum atomic E-state index is 13.0. The van der Waals surface area contributed by atoms with Crippen molar-refractivity contribution in [2.24, 2.45) is 0 Å². The topological polar surface area (TPSA) is 66.9 Å². The predicted molar refractivity (Wildman–Crippen MR) is 110 cm³/mol. The predicted octanol–water partition coefficient (Wildman–Crippen LogP) is 4.88. The number of halogens is 1. The van der Waals surface area contributed by atoms with Crippen LogP contribution in [0, 0.1) is 12.7 Å². The molecular weight excluding hydrogens is 355 g/mol. The number of nitrogens with zero attached hydrogens (tertiary/aromatic N) is 2. The molecule has 2 aromatic carbocycles. The molecule has 0 bridgehead atoms. The van der Waals surface area contributed by atoms with Crippen molar-refractivity contribution in [1.29, 1.82) is 0 Å². The number of hydrogen-bond acceptors (Lipinski definition) is 4. The number of aryl methyl sites for hydroxylation is 2. The number of rotatable bonds is 6. The van der Waals surface area contributed by atoms with Crippen molar-refractivity contribution < 1.29 is 9.18 Å². The Kier molecular flexibility index (Phi) is 6.11. The molecule has 0 radical (unpaired) electrons. The Bertz CT molecular complexity index is 1000. The number of carbonyl (C=O) groups is 1. The largest absolute Gasteiger partial charge is 0.340 e. The molecule has 0 aliphatic rings. The molecule has 3 rings (SSSR count). The van der Waals surface area contributed by atoms with Gasteiger partial charge in [-0.15, -0.1) is 0 Å². The summed E-state index contributed by atoms with van der Waals surface area (Å²) in [5, 5.41) is 6.12. The number of hydrogen-bond donors (Lipinski definition) is 2. The lowest BCUT2D eigenvalue weighted by atomic mass is 10.1. The number of nitrogens with one attached hydrogen (secondary N) is 2. The third-order valence-corrected chi connectivity index (χ3v) is 4.12. The summed E-state index contributed by atoms with van der Waals surface area (Å²) >= 11 is 0. The molecule has 0 atom stereocenters. The lowest BCUT2D eigenvalue weighted by molar-refractivity contribution is -0.111. The van der Waals surface area contributed by atoms with E-state index >= 15 is 0 Å². The summed E-state index contributed by atoms with van der Waals surface area (Å²) in [6, 6.07) is 13.6. The number of aromatic nitrogens is 2. The summed E-state index contributed by atoms with van der Waals surface area (Å²) < 4.78 is 13.0. The quantitative estimate of drug-likeness (QED) is 0.602. The third-order valence-electron chi connectivity index (χ3n) is 4.12. The Morgan fingerprint density at radius 2 is 1.89 bits per heavy atom. The van der Waals surface area contributed by atoms with Crippen LogP contribution < -0.4 is 10.6 Å². The van der Waals surface area contributed by atoms with Crippen LogP contribution in [0.5, 0.6) is 0 Å². The van der Waals surface area contributed by atoms with Gasteiger partial charge in [-0.2, -0.15) is 0 Å². The second kappa shape index (κ2) is 8.90. The monoisotopic (exact) mass is 376 g/mol. The standard InChI is InChI=1S/C22H21FN4O/c1-3-17-7-10-19(26-21-12-15(2)24-14-25-21)13-20(17)27-22(28)11-6-16-4-8-18(23)9-5-16/h4-14H,3H2,1-2H3,(H,27,28)(H,24,25,26)/b11-6+. The first kappa shape index (κ1) is 19.2. The van der Waals surface area contributed by atoms with Crippen molar-refractivity contribution in [3.63, 3.8) is 0 Å². The lowest BCUT2D eigenvalue weighted by Gasteiger charge is -2.12. The SMILES string of the molecule is CCc1ccc(Nc2cc(C)ncn2)cc1NC(=O)/C=C/c1ccc(F)cc1. The third kappa shape index (κ3) is 5.23. The summed E-state index contributed by atoms with van der Waals surface area (Å²) in [5.74, 6) is 0.122. The van der Waals surface area contributed by atoms with Crippen LogP contribution in [0.15, 0.2) is 60.9 Å². The molecule has 6 heteroatoms. The number of benzene rings is 2. The van der Waals surface area contributed by atoms with Crippen LogP contribution in [0.25, 0.3) is 6.08 Å². The minimum absolute atomic E-state index is 0.256. The molecule has 0 aliphatic carbocycles. The van der Waals surface area contributed by atoms with Gasteiger partial charge in [0.05, 0.1) is 0 Å². The highest BCUT2D eigenvalue weighted by Crippen LogP contribution is 2.24. The van der Waals surface area contributed by atoms with E-state index in [0.29, 0.717) is 5.82 Å². The summed E-state index contributed by atoms with van der Waals surface area (Å²) in [7, 11) is 0. The van der Waals surface area contributed by atoms with Gasteiger partial charge in [0.2, 0.25) is 5.91 Å². The molecule has 2 N–H and O–H groups in total. The van der Waals surface area contributed by atoms with Crippen LogP contribution in [0.3, 0.4) is 0 Å². The van der Waals surface area contributed by atoms with E-state index < -0.39 is 0 Å². The lowest BCUT2D eigenvalue weighted by Crippen LogP contribution is -2.10. The van der Waals surface area contributed by atoms with Crippen molar-refractivity contribution in [3.8, 4) is 0 Å². The molecule has 1 amide bonds. The van der Waals surface area contributed by atoms with Gasteiger partial charge in [-0.25, -0.2) is 14.4 Å². The molecule has 0 aliphatic heterocycles. The molecule has 1 heterocycles. The minimum Gasteiger partial charge on any atom is -0.340 e. The maximum absolute atomic E-state index is 13.0. The first-order valence-corrected chi connectivity index (χ1v) is 8.96. The zero-order chi connectivity index (χ0) is 19.9. The van der Waals surface area contributed by atoms with Crippen LogP contribution in [0.4, 0.5) is 21.6 Å². The first-order valence-electron chi connectivity index (χ1n) is 8.96. The second-order valence-corrected chi connectivity index (χ2v) is 6.27. The molecule has 1 aromatic heterocycles. The Balaban J connectivity index is 1.74. The molecule has 3 aromatic rings. The Morgan fingerprint density at radius 1 is 1.11 bits per heavy atom. The molecule has 28 heavy (non-hydrogen) atoms. The van der Waals surface area contributed by atoms with Crippen LogP contribution in [-0.4, -0.2) is 15.9 Å². The highest BCUT2D eigenvalue weighted by Gasteiger charge is 2.06. The van der Waals surface area contributed by atoms with Crippen LogP contribution >= 0.6 is 0 Å². The molecular formula is C22H21FN4O. The summed E-state index contributed by atoms with van der Waals surface area (Å²) in [6.07, 6.45) is 5.36. The summed E-state index contributed by atoms with van der Waals surface area (Å²) in [6.45, 7) is 3.92. The van der Waals surface area contributed by atoms with Crippen LogP contribution in [-0.2, 0) is 11.2 Å². The van der Waals surface area contributed by atoms with E-state index in [-0.39, 0.29) is 11.7 Å². The van der Waals surface area contributed by atoms with E-state index in [1.54, 1.807) is 18.2 Å². The Hall–Kier alpha value is -3.54. The fourth-order valence-corrected chi connectivity index (χ4v) is 2.67. The van der Waals surface area contributed by atoms with E-state index in [1.165, 1.54) is 24.5 Å². The highest BCUT2D eigenvalue weighted by molar-refractivity contribution is 6.02. The van der Waals surface area contributed by atoms with E-state index in [9.17, 15) is 9.18 Å². The van der Waals surface area contributed by atoms with Gasteiger partial charge in [0.1, 0.15) is 18.0 Å². The van der Waals surface area contributed by atoms with E-state index in [4.69, 9.17) is 0 Å². The van der Waals surface area contributed by atoms with Crippen LogP contribution in [0.1, 0.15) is 23.7 Å². The number of carbonyl (C=O) groups excluding carboxylic acids is 1. The highest BCUT2D eigenvalue weighted by atomic mass is 19.1. The van der Waals surface area contributed by atoms with E-state index in [2.05, 4.69) is 20.6 Å². The van der Waals surface area contributed by atoms with Gasteiger partial charge in [0.25, 0.3) is 0 Å². The summed E-state index contributed by atoms with van der Waals surface area (Å²) in [4.78, 5) is 20.6. The zero-order valence-electron chi connectivity index (χ0n) is 15.7. The Labute approximate surface area is 163 Å². The van der Waals surface area contributed by atoms with Gasteiger partial charge < -0.3 is 10.6 Å². The molecule has 142 valence electrons. The smallest absolute Gasteiger partial charge is 0.248 e. The van der Waals surface area contributed by atoms with Gasteiger partial charge in [0.15, 0.2) is 0 Å². The maximum Gasteiger partial charge on any atom is 0.248 e. The van der Waals surface area contributed by atoms with Gasteiger partial charge >= 0.3 is 0 Å². The fraction of sp³-hybridized carbons (Fsp3) is 0.136. The van der Waals surface area contributed by atoms with Crippen LogP contribution in [0.2, 0.25) is 0 Å². The van der Waals surface area contributed by atoms with E-state index in [0.717, 1.165) is 34.6 Å². The van der Waals surface area contributed by atoms with Gasteiger partial charge in [-0.3, -0.25) is 4.79 Å². The Morgan fingerprint density at radius 3 is 2.61 bits per heavy atom.